The van der Waals surface area contributed by atoms with Gasteiger partial charge >= 0.3 is 0 Å². The summed E-state index contributed by atoms with van der Waals surface area (Å²) in [7, 11) is 1.89. The third-order valence-corrected chi connectivity index (χ3v) is 4.07. The van der Waals surface area contributed by atoms with Gasteiger partial charge in [-0.05, 0) is 23.4 Å². The third-order valence-electron chi connectivity index (χ3n) is 3.13. The van der Waals surface area contributed by atoms with Gasteiger partial charge in [0, 0.05) is 31.3 Å². The minimum absolute atomic E-state index is 0.0492. The molecule has 0 unspecified atom stereocenters. The molecule has 112 valence electrons. The van der Waals surface area contributed by atoms with E-state index in [1.165, 1.54) is 5.56 Å². The Hall–Kier alpha value is -1.82. The number of nitrogens with one attached hydrogen (secondary N) is 1. The summed E-state index contributed by atoms with van der Waals surface area (Å²) in [6, 6.07) is 7.78. The predicted octanol–water partition coefficient (Wildman–Crippen LogP) is 2.04. The van der Waals surface area contributed by atoms with Crippen LogP contribution in [0.3, 0.4) is 0 Å². The first-order valence-corrected chi connectivity index (χ1v) is 8.14. The quantitative estimate of drug-likeness (QED) is 0.850. The molecule has 1 N–H and O–H groups in total. The van der Waals surface area contributed by atoms with E-state index >= 15 is 0 Å². The van der Waals surface area contributed by atoms with Crippen molar-refractivity contribution in [3.63, 3.8) is 0 Å². The fourth-order valence-corrected chi connectivity index (χ4v) is 2.53. The second-order valence-electron chi connectivity index (χ2n) is 4.70. The van der Waals surface area contributed by atoms with E-state index in [0.717, 1.165) is 17.3 Å². The lowest BCUT2D eigenvalue weighted by Crippen LogP contribution is -2.26. The first-order valence-electron chi connectivity index (χ1n) is 6.98. The Morgan fingerprint density at radius 3 is 2.71 bits per heavy atom. The van der Waals surface area contributed by atoms with Gasteiger partial charge in [-0.2, -0.15) is 11.8 Å². The Morgan fingerprint density at radius 2 is 2.10 bits per heavy atom. The summed E-state index contributed by atoms with van der Waals surface area (Å²) in [5, 5.41) is 10.7. The molecule has 0 aliphatic rings. The van der Waals surface area contributed by atoms with Crippen LogP contribution in [0, 0.1) is 0 Å². The van der Waals surface area contributed by atoms with Gasteiger partial charge in [0.25, 0.3) is 5.91 Å². The fourth-order valence-electron chi connectivity index (χ4n) is 1.90. The van der Waals surface area contributed by atoms with E-state index < -0.39 is 0 Å². The fraction of sp³-hybridized carbons (Fsp3) is 0.400. The van der Waals surface area contributed by atoms with Crippen LogP contribution < -0.4 is 5.32 Å². The highest BCUT2D eigenvalue weighted by molar-refractivity contribution is 7.98. The minimum Gasteiger partial charge on any atom is -0.352 e. The summed E-state index contributed by atoms with van der Waals surface area (Å²) in [5.41, 5.74) is 1.94. The average Bonchev–Trinajstić information content (AvgIpc) is 2.91. The lowest BCUT2D eigenvalue weighted by Gasteiger charge is -2.06. The van der Waals surface area contributed by atoms with Crippen LogP contribution in [0.15, 0.2) is 30.6 Å². The molecule has 6 heteroatoms. The Bertz CT molecular complexity index is 580. The molecule has 0 spiro atoms. The first kappa shape index (κ1) is 15.6. The third kappa shape index (κ3) is 4.60. The standard InChI is InChI=1S/C15H20N4OS/c1-3-21-10-12-4-6-13(7-5-12)15(20)16-9-8-14-18-17-11-19(14)2/h4-7,11H,3,8-10H2,1-2H3,(H,16,20). The number of aryl methyl sites for hydroxylation is 1. The molecular formula is C15H20N4OS. The Balaban J connectivity index is 1.81. The number of carbonyl (C=O) groups is 1. The van der Waals surface area contributed by atoms with E-state index in [2.05, 4.69) is 22.4 Å². The number of hydrogen-bond donors (Lipinski definition) is 1. The Kier molecular flexibility index (Phi) is 5.80. The molecule has 0 radical (unpaired) electrons. The molecule has 0 atom stereocenters. The molecule has 0 saturated heterocycles. The molecule has 1 aromatic carbocycles. The number of benzene rings is 1. The van der Waals surface area contributed by atoms with Crippen molar-refractivity contribution in [3.05, 3.63) is 47.5 Å². The monoisotopic (exact) mass is 304 g/mol. The average molecular weight is 304 g/mol. The van der Waals surface area contributed by atoms with E-state index in [9.17, 15) is 4.79 Å². The number of nitrogens with zero attached hydrogens (tertiary/aromatic N) is 3. The van der Waals surface area contributed by atoms with E-state index in [4.69, 9.17) is 0 Å². The lowest BCUT2D eigenvalue weighted by molar-refractivity contribution is 0.0954. The summed E-state index contributed by atoms with van der Waals surface area (Å²) in [5.74, 6) is 2.91. The molecule has 0 saturated carbocycles. The molecule has 0 aliphatic carbocycles. The maximum Gasteiger partial charge on any atom is 0.251 e. The second kappa shape index (κ2) is 7.83. The van der Waals surface area contributed by atoms with Crippen molar-refractivity contribution in [2.75, 3.05) is 12.3 Å². The van der Waals surface area contributed by atoms with Gasteiger partial charge in [-0.25, -0.2) is 0 Å². The highest BCUT2D eigenvalue weighted by Crippen LogP contribution is 2.12. The highest BCUT2D eigenvalue weighted by atomic mass is 32.2. The van der Waals surface area contributed by atoms with Gasteiger partial charge in [0.15, 0.2) is 0 Å². The van der Waals surface area contributed by atoms with Crippen LogP contribution in [0.4, 0.5) is 0 Å². The van der Waals surface area contributed by atoms with E-state index in [-0.39, 0.29) is 5.91 Å². The second-order valence-corrected chi connectivity index (χ2v) is 5.97. The Morgan fingerprint density at radius 1 is 1.33 bits per heavy atom. The molecule has 1 aromatic heterocycles. The van der Waals surface area contributed by atoms with Crippen molar-refractivity contribution in [2.45, 2.75) is 19.1 Å². The molecule has 2 rings (SSSR count). The molecular weight excluding hydrogens is 284 g/mol. The van der Waals surface area contributed by atoms with Gasteiger partial charge in [-0.1, -0.05) is 19.1 Å². The van der Waals surface area contributed by atoms with Crippen LogP contribution in [-0.2, 0) is 19.2 Å². The van der Waals surface area contributed by atoms with Gasteiger partial charge in [-0.15, -0.1) is 10.2 Å². The maximum atomic E-state index is 12.0. The van der Waals surface area contributed by atoms with Crippen molar-refractivity contribution in [3.8, 4) is 0 Å². The number of aromatic nitrogens is 3. The van der Waals surface area contributed by atoms with Crippen LogP contribution in [0.5, 0.6) is 0 Å². The normalized spacial score (nSPS) is 10.6. The van der Waals surface area contributed by atoms with Gasteiger partial charge in [0.05, 0.1) is 0 Å². The Labute approximate surface area is 129 Å². The van der Waals surface area contributed by atoms with Crippen LogP contribution >= 0.6 is 11.8 Å². The molecule has 2 aromatic rings. The first-order chi connectivity index (χ1) is 10.2. The molecule has 21 heavy (non-hydrogen) atoms. The van der Waals surface area contributed by atoms with Gasteiger partial charge in [0.2, 0.25) is 0 Å². The highest BCUT2D eigenvalue weighted by Gasteiger charge is 2.06. The molecule has 5 nitrogen and oxygen atoms in total. The molecule has 1 amide bonds. The summed E-state index contributed by atoms with van der Waals surface area (Å²) in [6.07, 6.45) is 2.33. The number of carbonyl (C=O) groups excluding carboxylic acids is 1. The lowest BCUT2D eigenvalue weighted by atomic mass is 10.1. The number of thioether (sulfide) groups is 1. The predicted molar refractivity (Wildman–Crippen MR) is 85.3 cm³/mol. The van der Waals surface area contributed by atoms with Crippen molar-refractivity contribution in [1.29, 1.82) is 0 Å². The van der Waals surface area contributed by atoms with Crippen LogP contribution in [0.25, 0.3) is 0 Å². The maximum absolute atomic E-state index is 12.0. The zero-order valence-corrected chi connectivity index (χ0v) is 13.2. The summed E-state index contributed by atoms with van der Waals surface area (Å²) >= 11 is 1.87. The van der Waals surface area contributed by atoms with Crippen LogP contribution in [0.1, 0.15) is 28.7 Å². The van der Waals surface area contributed by atoms with Gasteiger partial charge in [-0.3, -0.25) is 4.79 Å². The minimum atomic E-state index is -0.0492. The summed E-state index contributed by atoms with van der Waals surface area (Å²) < 4.78 is 1.85. The van der Waals surface area contributed by atoms with Gasteiger partial charge < -0.3 is 9.88 Å². The van der Waals surface area contributed by atoms with Crippen molar-refractivity contribution >= 4 is 17.7 Å². The van der Waals surface area contributed by atoms with Crippen LogP contribution in [-0.4, -0.2) is 33.0 Å². The number of amides is 1. The van der Waals surface area contributed by atoms with Crippen LogP contribution in [0.2, 0.25) is 0 Å². The largest absolute Gasteiger partial charge is 0.352 e. The van der Waals surface area contributed by atoms with E-state index in [1.54, 1.807) is 6.33 Å². The molecule has 1 heterocycles. The van der Waals surface area contributed by atoms with Gasteiger partial charge in [0.1, 0.15) is 12.2 Å². The smallest absolute Gasteiger partial charge is 0.251 e. The number of hydrogen-bond acceptors (Lipinski definition) is 4. The van der Waals surface area contributed by atoms with E-state index in [0.29, 0.717) is 18.5 Å². The van der Waals surface area contributed by atoms with Crippen molar-refractivity contribution in [1.82, 2.24) is 20.1 Å². The topological polar surface area (TPSA) is 59.8 Å². The molecule has 0 fully saturated rings. The van der Waals surface area contributed by atoms with Crippen molar-refractivity contribution in [2.24, 2.45) is 7.05 Å². The summed E-state index contributed by atoms with van der Waals surface area (Å²) in [6.45, 7) is 2.70. The SMILES string of the molecule is CCSCc1ccc(C(=O)NCCc2nncn2C)cc1. The van der Waals surface area contributed by atoms with Crippen molar-refractivity contribution < 1.29 is 4.79 Å². The number of rotatable bonds is 7. The van der Waals surface area contributed by atoms with E-state index in [1.807, 2.05) is 47.6 Å². The zero-order chi connectivity index (χ0) is 15.1. The molecule has 0 bridgehead atoms. The zero-order valence-electron chi connectivity index (χ0n) is 12.4. The summed E-state index contributed by atoms with van der Waals surface area (Å²) in [4.78, 5) is 12.0. The molecule has 0 aliphatic heterocycles.